The van der Waals surface area contributed by atoms with E-state index in [4.69, 9.17) is 0 Å². The second-order valence-corrected chi connectivity index (χ2v) is 10.3. The molecule has 1 aromatic rings. The first-order chi connectivity index (χ1) is 15.8. The summed E-state index contributed by atoms with van der Waals surface area (Å²) in [6.07, 6.45) is 37.2. The minimum atomic E-state index is 1.21. The quantitative estimate of drug-likeness (QED) is 0.110. The second-order valence-electron chi connectivity index (χ2n) is 10.3. The normalized spacial score (nSPS) is 11.5. The van der Waals surface area contributed by atoms with Crippen molar-refractivity contribution in [1.29, 1.82) is 0 Å². The Kier molecular flexibility index (Phi) is 20.1. The summed E-state index contributed by atoms with van der Waals surface area (Å²) >= 11 is 0. The zero-order valence-corrected chi connectivity index (χ0v) is 22.5. The molecule has 0 fully saturated rings. The topological polar surface area (TPSA) is 8.81 Å². The predicted molar refractivity (Wildman–Crippen MR) is 142 cm³/mol. The van der Waals surface area contributed by atoms with E-state index < -0.39 is 0 Å². The number of rotatable bonds is 24. The van der Waals surface area contributed by atoms with Crippen LogP contribution in [0.3, 0.4) is 0 Å². The van der Waals surface area contributed by atoms with Crippen molar-refractivity contribution in [1.82, 2.24) is 4.57 Å². The summed E-state index contributed by atoms with van der Waals surface area (Å²) in [5, 5.41) is 0. The fourth-order valence-electron chi connectivity index (χ4n) is 4.97. The number of unbranched alkanes of at least 4 members (excludes halogenated alkanes) is 20. The van der Waals surface area contributed by atoms with Crippen LogP contribution >= 0.6 is 0 Å². The molecule has 1 aromatic heterocycles. The van der Waals surface area contributed by atoms with Gasteiger partial charge < -0.3 is 0 Å². The van der Waals surface area contributed by atoms with Crippen molar-refractivity contribution in [3.63, 3.8) is 0 Å². The first-order valence-corrected chi connectivity index (χ1v) is 14.8. The average Bonchev–Trinajstić information content (AvgIpc) is 3.15. The molecular weight excluding hydrogens is 388 g/mol. The number of aromatic nitrogens is 2. The number of aryl methyl sites for hydroxylation is 2. The van der Waals surface area contributed by atoms with Gasteiger partial charge in [-0.3, -0.25) is 0 Å². The Morgan fingerprint density at radius 3 is 1.34 bits per heavy atom. The summed E-state index contributed by atoms with van der Waals surface area (Å²) in [4.78, 5) is 0. The summed E-state index contributed by atoms with van der Waals surface area (Å²) in [6.45, 7) is 5.82. The van der Waals surface area contributed by atoms with E-state index in [1.807, 2.05) is 0 Å². The monoisotopic (exact) mass is 447 g/mol. The van der Waals surface area contributed by atoms with Crippen LogP contribution in [-0.2, 0) is 20.0 Å². The van der Waals surface area contributed by atoms with Gasteiger partial charge in [-0.15, -0.1) is 0 Å². The van der Waals surface area contributed by atoms with Crippen LogP contribution in [0, 0.1) is 0 Å². The van der Waals surface area contributed by atoms with E-state index >= 15 is 0 Å². The van der Waals surface area contributed by atoms with E-state index in [0.29, 0.717) is 0 Å². The molecule has 2 heteroatoms. The fraction of sp³-hybridized carbons (Fsp3) is 0.900. The number of hydrogen-bond donors (Lipinski definition) is 0. The van der Waals surface area contributed by atoms with Crippen LogP contribution in [0.1, 0.15) is 161 Å². The van der Waals surface area contributed by atoms with Crippen molar-refractivity contribution in [3.8, 4) is 0 Å². The van der Waals surface area contributed by atoms with Gasteiger partial charge in [0.2, 0.25) is 0 Å². The second kappa shape index (κ2) is 22.0. The molecule has 1 rings (SSSR count). The average molecular weight is 448 g/mol. The van der Waals surface area contributed by atoms with Crippen LogP contribution in [0.15, 0.2) is 12.4 Å². The number of hydrogen-bond acceptors (Lipinski definition) is 0. The SMILES string of the molecule is CCCCCCCCCCCCCCCn1cc[n+](C)c1CCCCCCCCCCC. The van der Waals surface area contributed by atoms with Gasteiger partial charge in [0.1, 0.15) is 12.4 Å². The van der Waals surface area contributed by atoms with Crippen molar-refractivity contribution in [2.45, 2.75) is 168 Å². The first kappa shape index (κ1) is 29.2. The molecule has 0 unspecified atom stereocenters. The molecule has 0 amide bonds. The summed E-state index contributed by atoms with van der Waals surface area (Å²) < 4.78 is 4.89. The lowest BCUT2D eigenvalue weighted by atomic mass is 10.0. The summed E-state index contributed by atoms with van der Waals surface area (Å²) in [7, 11) is 2.23. The van der Waals surface area contributed by atoms with Gasteiger partial charge >= 0.3 is 0 Å². The van der Waals surface area contributed by atoms with Gasteiger partial charge in [0.15, 0.2) is 0 Å². The van der Waals surface area contributed by atoms with E-state index in [1.54, 1.807) is 0 Å². The van der Waals surface area contributed by atoms with Crippen LogP contribution in [0.5, 0.6) is 0 Å². The highest BCUT2D eigenvalue weighted by Gasteiger charge is 2.13. The molecule has 0 radical (unpaired) electrons. The molecule has 0 spiro atoms. The zero-order chi connectivity index (χ0) is 23.1. The maximum Gasteiger partial charge on any atom is 0.256 e. The maximum atomic E-state index is 2.53. The van der Waals surface area contributed by atoms with Gasteiger partial charge in [0.25, 0.3) is 5.82 Å². The third kappa shape index (κ3) is 15.9. The lowest BCUT2D eigenvalue weighted by Gasteiger charge is -2.05. The largest absolute Gasteiger partial charge is 0.256 e. The lowest BCUT2D eigenvalue weighted by Crippen LogP contribution is -2.32. The Bertz CT molecular complexity index is 505. The predicted octanol–water partition coefficient (Wildman–Crippen LogP) is 9.48. The van der Waals surface area contributed by atoms with Crippen molar-refractivity contribution >= 4 is 0 Å². The van der Waals surface area contributed by atoms with Crippen LogP contribution in [-0.4, -0.2) is 4.57 Å². The Hall–Kier alpha value is -0.790. The summed E-state index contributed by atoms with van der Waals surface area (Å²) in [6, 6.07) is 0. The molecule has 0 atom stereocenters. The highest BCUT2D eigenvalue weighted by molar-refractivity contribution is 4.84. The molecule has 188 valence electrons. The minimum Gasteiger partial charge on any atom is -0.237 e. The standard InChI is InChI=1S/C30H59N2/c1-4-6-8-10-12-14-15-16-17-19-21-23-25-27-32-29-28-31(3)30(32)26-24-22-20-18-13-11-9-7-5-2/h28-29H,4-27H2,1-3H3/q+1. The molecular formula is C30H59N2+. The Morgan fingerprint density at radius 2 is 0.906 bits per heavy atom. The van der Waals surface area contributed by atoms with E-state index in [2.05, 4.69) is 42.4 Å². The van der Waals surface area contributed by atoms with Crippen LogP contribution in [0.25, 0.3) is 0 Å². The molecule has 0 aliphatic carbocycles. The van der Waals surface area contributed by atoms with Gasteiger partial charge in [0.05, 0.1) is 13.6 Å². The van der Waals surface area contributed by atoms with Crippen LogP contribution < -0.4 is 4.57 Å². The van der Waals surface area contributed by atoms with Crippen LogP contribution in [0.4, 0.5) is 0 Å². The minimum absolute atomic E-state index is 1.21. The number of imidazole rings is 1. The Labute approximate surface area is 202 Å². The van der Waals surface area contributed by atoms with E-state index in [1.165, 1.54) is 160 Å². The molecule has 0 aromatic carbocycles. The van der Waals surface area contributed by atoms with Gasteiger partial charge in [-0.25, -0.2) is 9.13 Å². The highest BCUT2D eigenvalue weighted by Crippen LogP contribution is 2.14. The molecule has 2 nitrogen and oxygen atoms in total. The Morgan fingerprint density at radius 1 is 0.531 bits per heavy atom. The van der Waals surface area contributed by atoms with Crippen molar-refractivity contribution in [2.75, 3.05) is 0 Å². The maximum absolute atomic E-state index is 2.53. The lowest BCUT2D eigenvalue weighted by molar-refractivity contribution is -0.678. The molecule has 32 heavy (non-hydrogen) atoms. The fourth-order valence-corrected chi connectivity index (χ4v) is 4.97. The highest BCUT2D eigenvalue weighted by atomic mass is 15.1. The third-order valence-electron chi connectivity index (χ3n) is 7.22. The molecule has 0 aliphatic rings. The molecule has 0 saturated carbocycles. The van der Waals surface area contributed by atoms with Crippen molar-refractivity contribution in [2.24, 2.45) is 7.05 Å². The molecule has 0 aliphatic heterocycles. The van der Waals surface area contributed by atoms with E-state index in [0.717, 1.165) is 0 Å². The van der Waals surface area contributed by atoms with Gasteiger partial charge in [-0.2, -0.15) is 0 Å². The van der Waals surface area contributed by atoms with Gasteiger partial charge in [0, 0.05) is 6.42 Å². The van der Waals surface area contributed by atoms with E-state index in [9.17, 15) is 0 Å². The van der Waals surface area contributed by atoms with E-state index in [-0.39, 0.29) is 0 Å². The molecule has 1 heterocycles. The smallest absolute Gasteiger partial charge is 0.237 e. The zero-order valence-electron chi connectivity index (χ0n) is 22.5. The summed E-state index contributed by atoms with van der Waals surface area (Å²) in [5.74, 6) is 1.53. The van der Waals surface area contributed by atoms with Crippen molar-refractivity contribution < 1.29 is 4.57 Å². The molecule has 0 N–H and O–H groups in total. The number of nitrogens with zero attached hydrogens (tertiary/aromatic N) is 2. The van der Waals surface area contributed by atoms with Gasteiger partial charge in [-0.1, -0.05) is 136 Å². The van der Waals surface area contributed by atoms with Gasteiger partial charge in [-0.05, 0) is 19.3 Å². The molecule has 0 saturated heterocycles. The Balaban J connectivity index is 1.98. The first-order valence-electron chi connectivity index (χ1n) is 14.8. The summed E-state index contributed by atoms with van der Waals surface area (Å²) in [5.41, 5.74) is 0. The van der Waals surface area contributed by atoms with Crippen LogP contribution in [0.2, 0.25) is 0 Å². The van der Waals surface area contributed by atoms with Crippen molar-refractivity contribution in [3.05, 3.63) is 18.2 Å². The third-order valence-corrected chi connectivity index (χ3v) is 7.22. The molecule has 0 bridgehead atoms.